The van der Waals surface area contributed by atoms with E-state index in [0.717, 1.165) is 12.8 Å². The standard InChI is InChI=1S/C18H26N2O3/c1-3-15(4-2)18(22)20-12-10-19(11-13-20)17(21)14-23-16-8-6-5-7-9-16/h5-9,15H,3-4,10-14H2,1-2H3. The smallest absolute Gasteiger partial charge is 0.260 e. The molecule has 0 radical (unpaired) electrons. The molecule has 0 unspecified atom stereocenters. The Bertz CT molecular complexity index is 506. The van der Waals surface area contributed by atoms with Gasteiger partial charge < -0.3 is 14.5 Å². The van der Waals surface area contributed by atoms with Crippen LogP contribution in [-0.2, 0) is 9.59 Å². The van der Waals surface area contributed by atoms with E-state index >= 15 is 0 Å². The minimum Gasteiger partial charge on any atom is -0.484 e. The van der Waals surface area contributed by atoms with E-state index in [-0.39, 0.29) is 24.3 Å². The molecular formula is C18H26N2O3. The van der Waals surface area contributed by atoms with Crippen molar-refractivity contribution >= 4 is 11.8 Å². The molecule has 0 aliphatic carbocycles. The molecule has 1 aromatic carbocycles. The molecular weight excluding hydrogens is 292 g/mol. The van der Waals surface area contributed by atoms with E-state index in [1.165, 1.54) is 0 Å². The molecule has 1 fully saturated rings. The van der Waals surface area contributed by atoms with E-state index in [1.807, 2.05) is 49.1 Å². The first-order valence-corrected chi connectivity index (χ1v) is 8.40. The van der Waals surface area contributed by atoms with Crippen LogP contribution in [0.25, 0.3) is 0 Å². The molecule has 23 heavy (non-hydrogen) atoms. The van der Waals surface area contributed by atoms with Gasteiger partial charge in [-0.1, -0.05) is 32.0 Å². The average molecular weight is 318 g/mol. The van der Waals surface area contributed by atoms with Crippen molar-refractivity contribution in [3.05, 3.63) is 30.3 Å². The Hall–Kier alpha value is -2.04. The molecule has 1 heterocycles. The molecule has 1 aliphatic heterocycles. The Labute approximate surface area is 138 Å². The summed E-state index contributed by atoms with van der Waals surface area (Å²) in [4.78, 5) is 28.2. The van der Waals surface area contributed by atoms with Crippen LogP contribution in [0.15, 0.2) is 30.3 Å². The lowest BCUT2D eigenvalue weighted by Gasteiger charge is -2.36. The van der Waals surface area contributed by atoms with Gasteiger partial charge in [-0.3, -0.25) is 9.59 Å². The number of nitrogens with zero attached hydrogens (tertiary/aromatic N) is 2. The van der Waals surface area contributed by atoms with Gasteiger partial charge in [0.1, 0.15) is 5.75 Å². The van der Waals surface area contributed by atoms with E-state index in [0.29, 0.717) is 31.9 Å². The number of carbonyl (C=O) groups excluding carboxylic acids is 2. The normalized spacial score (nSPS) is 14.9. The van der Waals surface area contributed by atoms with Gasteiger partial charge in [0, 0.05) is 32.1 Å². The maximum absolute atomic E-state index is 12.3. The van der Waals surface area contributed by atoms with Crippen molar-refractivity contribution in [1.82, 2.24) is 9.80 Å². The third kappa shape index (κ3) is 4.71. The predicted molar refractivity (Wildman–Crippen MR) is 89.2 cm³/mol. The molecule has 126 valence electrons. The van der Waals surface area contributed by atoms with Crippen LogP contribution in [0.3, 0.4) is 0 Å². The second-order valence-corrected chi connectivity index (χ2v) is 5.82. The highest BCUT2D eigenvalue weighted by Crippen LogP contribution is 2.14. The molecule has 1 saturated heterocycles. The third-order valence-corrected chi connectivity index (χ3v) is 4.38. The summed E-state index contributed by atoms with van der Waals surface area (Å²) in [6.45, 7) is 6.55. The lowest BCUT2D eigenvalue weighted by Crippen LogP contribution is -2.52. The number of piperazine rings is 1. The summed E-state index contributed by atoms with van der Waals surface area (Å²) in [5.74, 6) is 1.01. The second-order valence-electron chi connectivity index (χ2n) is 5.82. The zero-order chi connectivity index (χ0) is 16.7. The van der Waals surface area contributed by atoms with Crippen LogP contribution in [0.4, 0.5) is 0 Å². The van der Waals surface area contributed by atoms with Crippen molar-refractivity contribution < 1.29 is 14.3 Å². The highest BCUT2D eigenvalue weighted by Gasteiger charge is 2.27. The Morgan fingerprint density at radius 2 is 1.57 bits per heavy atom. The Morgan fingerprint density at radius 3 is 2.13 bits per heavy atom. The van der Waals surface area contributed by atoms with E-state index in [1.54, 1.807) is 4.90 Å². The van der Waals surface area contributed by atoms with Crippen molar-refractivity contribution in [1.29, 1.82) is 0 Å². The maximum atomic E-state index is 12.3. The fourth-order valence-corrected chi connectivity index (χ4v) is 2.83. The number of hydrogen-bond acceptors (Lipinski definition) is 3. The summed E-state index contributed by atoms with van der Waals surface area (Å²) < 4.78 is 5.50. The highest BCUT2D eigenvalue weighted by molar-refractivity contribution is 5.80. The van der Waals surface area contributed by atoms with Crippen LogP contribution in [0.1, 0.15) is 26.7 Å². The van der Waals surface area contributed by atoms with Crippen LogP contribution in [0.5, 0.6) is 5.75 Å². The van der Waals surface area contributed by atoms with Gasteiger partial charge in [0.05, 0.1) is 0 Å². The molecule has 0 spiro atoms. The first kappa shape index (κ1) is 17.3. The minimum atomic E-state index is -0.0246. The summed E-state index contributed by atoms with van der Waals surface area (Å²) in [6, 6.07) is 9.33. The lowest BCUT2D eigenvalue weighted by molar-refractivity contribution is -0.143. The largest absolute Gasteiger partial charge is 0.484 e. The van der Waals surface area contributed by atoms with Crippen molar-refractivity contribution in [2.75, 3.05) is 32.8 Å². The Balaban J connectivity index is 1.77. The van der Waals surface area contributed by atoms with Gasteiger partial charge in [-0.15, -0.1) is 0 Å². The summed E-state index contributed by atoms with van der Waals surface area (Å²) in [5, 5.41) is 0. The molecule has 1 aliphatic rings. The first-order chi connectivity index (χ1) is 11.2. The number of benzene rings is 1. The Kier molecular flexibility index (Phi) is 6.44. The average Bonchev–Trinajstić information content (AvgIpc) is 2.61. The van der Waals surface area contributed by atoms with Crippen LogP contribution < -0.4 is 4.74 Å². The minimum absolute atomic E-state index is 0.0246. The third-order valence-electron chi connectivity index (χ3n) is 4.38. The molecule has 0 atom stereocenters. The van der Waals surface area contributed by atoms with Gasteiger partial charge in [0.25, 0.3) is 5.91 Å². The van der Waals surface area contributed by atoms with Gasteiger partial charge >= 0.3 is 0 Å². The topological polar surface area (TPSA) is 49.9 Å². The monoisotopic (exact) mass is 318 g/mol. The molecule has 2 rings (SSSR count). The van der Waals surface area contributed by atoms with Crippen molar-refractivity contribution in [3.63, 3.8) is 0 Å². The Morgan fingerprint density at radius 1 is 1.00 bits per heavy atom. The van der Waals surface area contributed by atoms with E-state index < -0.39 is 0 Å². The van der Waals surface area contributed by atoms with Crippen molar-refractivity contribution in [2.45, 2.75) is 26.7 Å². The van der Waals surface area contributed by atoms with Gasteiger partial charge in [0.15, 0.2) is 6.61 Å². The summed E-state index contributed by atoms with van der Waals surface area (Å²) in [6.07, 6.45) is 1.75. The number of carbonyl (C=O) groups is 2. The first-order valence-electron chi connectivity index (χ1n) is 8.40. The van der Waals surface area contributed by atoms with Crippen LogP contribution in [0, 0.1) is 5.92 Å². The molecule has 0 N–H and O–H groups in total. The molecule has 2 amide bonds. The summed E-state index contributed by atoms with van der Waals surface area (Å²) >= 11 is 0. The van der Waals surface area contributed by atoms with Crippen molar-refractivity contribution in [3.8, 4) is 5.75 Å². The fourth-order valence-electron chi connectivity index (χ4n) is 2.83. The number of para-hydroxylation sites is 1. The molecule has 0 saturated carbocycles. The van der Waals surface area contributed by atoms with E-state index in [4.69, 9.17) is 4.74 Å². The van der Waals surface area contributed by atoms with Crippen LogP contribution >= 0.6 is 0 Å². The molecule has 0 aromatic heterocycles. The van der Waals surface area contributed by atoms with Gasteiger partial charge in [-0.05, 0) is 25.0 Å². The quantitative estimate of drug-likeness (QED) is 0.808. The second kappa shape index (κ2) is 8.56. The zero-order valence-corrected chi connectivity index (χ0v) is 14.0. The predicted octanol–water partition coefficient (Wildman–Crippen LogP) is 2.17. The van der Waals surface area contributed by atoms with E-state index in [2.05, 4.69) is 0 Å². The zero-order valence-electron chi connectivity index (χ0n) is 14.0. The molecule has 5 heteroatoms. The molecule has 0 bridgehead atoms. The number of amides is 2. The number of ether oxygens (including phenoxy) is 1. The molecule has 5 nitrogen and oxygen atoms in total. The number of rotatable bonds is 6. The van der Waals surface area contributed by atoms with Crippen LogP contribution in [-0.4, -0.2) is 54.4 Å². The van der Waals surface area contributed by atoms with Gasteiger partial charge in [0.2, 0.25) is 5.91 Å². The summed E-state index contributed by atoms with van der Waals surface area (Å²) in [5.41, 5.74) is 0. The summed E-state index contributed by atoms with van der Waals surface area (Å²) in [7, 11) is 0. The maximum Gasteiger partial charge on any atom is 0.260 e. The van der Waals surface area contributed by atoms with Gasteiger partial charge in [-0.25, -0.2) is 0 Å². The highest BCUT2D eigenvalue weighted by atomic mass is 16.5. The lowest BCUT2D eigenvalue weighted by atomic mass is 10.0. The van der Waals surface area contributed by atoms with Gasteiger partial charge in [-0.2, -0.15) is 0 Å². The SMILES string of the molecule is CCC(CC)C(=O)N1CCN(C(=O)COc2ccccc2)CC1. The fraction of sp³-hybridized carbons (Fsp3) is 0.556. The van der Waals surface area contributed by atoms with Crippen LogP contribution in [0.2, 0.25) is 0 Å². The number of hydrogen-bond donors (Lipinski definition) is 0. The van der Waals surface area contributed by atoms with Crippen molar-refractivity contribution in [2.24, 2.45) is 5.92 Å². The molecule has 1 aromatic rings. The van der Waals surface area contributed by atoms with E-state index in [9.17, 15) is 9.59 Å².